The van der Waals surface area contributed by atoms with Crippen LogP contribution >= 0.6 is 11.3 Å². The lowest BCUT2D eigenvalue weighted by Gasteiger charge is -2.30. The van der Waals surface area contributed by atoms with E-state index in [1.807, 2.05) is 50.2 Å². The Hall–Kier alpha value is -3.32. The fourth-order valence-corrected chi connectivity index (χ4v) is 5.29. The topological polar surface area (TPSA) is 81.8 Å². The van der Waals surface area contributed by atoms with E-state index in [4.69, 9.17) is 9.73 Å². The van der Waals surface area contributed by atoms with Gasteiger partial charge in [0.05, 0.1) is 12.0 Å². The molecule has 0 bridgehead atoms. The van der Waals surface area contributed by atoms with Crippen LogP contribution in [0.3, 0.4) is 0 Å². The van der Waals surface area contributed by atoms with Crippen LogP contribution in [0.1, 0.15) is 28.8 Å². The fraction of sp³-hybridized carbons (Fsp3) is 0.217. The number of hydrogen-bond acceptors (Lipinski definition) is 6. The second-order valence-electron chi connectivity index (χ2n) is 7.20. The standard InChI is InChI=1S/C23H20N2O4S/c1-13-18(23(26)29-3)20(16-10-7-11-17(12-16)25(27)28)21-19(14(2)30-22(21)24-13)15-8-5-4-6-9-15/h4-12,18,20H,1-3H3. The Labute approximate surface area is 178 Å². The van der Waals surface area contributed by atoms with E-state index in [0.29, 0.717) is 11.3 Å². The number of aryl methyl sites for hydroxylation is 1. The molecule has 2 unspecified atom stereocenters. The molecule has 6 nitrogen and oxygen atoms in total. The summed E-state index contributed by atoms with van der Waals surface area (Å²) in [6, 6.07) is 16.4. The summed E-state index contributed by atoms with van der Waals surface area (Å²) >= 11 is 1.57. The van der Waals surface area contributed by atoms with Gasteiger partial charge in [-0.3, -0.25) is 14.9 Å². The first kappa shape index (κ1) is 20.0. The first-order valence-corrected chi connectivity index (χ1v) is 10.3. The average Bonchev–Trinajstić information content (AvgIpc) is 3.07. The van der Waals surface area contributed by atoms with Gasteiger partial charge in [-0.1, -0.05) is 42.5 Å². The highest BCUT2D eigenvalue weighted by molar-refractivity contribution is 7.16. The number of carbonyl (C=O) groups is 1. The van der Waals surface area contributed by atoms with Crippen LogP contribution in [0.4, 0.5) is 10.7 Å². The molecular weight excluding hydrogens is 400 g/mol. The molecule has 0 aliphatic carbocycles. The average molecular weight is 420 g/mol. The first-order valence-electron chi connectivity index (χ1n) is 9.48. The molecule has 1 aliphatic heterocycles. The van der Waals surface area contributed by atoms with Crippen LogP contribution in [0.5, 0.6) is 0 Å². The number of nitro benzene ring substituents is 1. The molecule has 4 rings (SSSR count). The number of benzene rings is 2. The highest BCUT2D eigenvalue weighted by atomic mass is 32.1. The van der Waals surface area contributed by atoms with Gasteiger partial charge in [0.25, 0.3) is 5.69 Å². The van der Waals surface area contributed by atoms with Crippen molar-refractivity contribution in [3.8, 4) is 11.1 Å². The number of esters is 1. The van der Waals surface area contributed by atoms with E-state index in [2.05, 4.69) is 0 Å². The van der Waals surface area contributed by atoms with Gasteiger partial charge in [-0.25, -0.2) is 4.99 Å². The normalized spacial score (nSPS) is 17.8. The summed E-state index contributed by atoms with van der Waals surface area (Å²) in [6.07, 6.45) is 0. The molecule has 0 radical (unpaired) electrons. The number of rotatable bonds is 4. The summed E-state index contributed by atoms with van der Waals surface area (Å²) in [4.78, 5) is 29.6. The molecule has 7 heteroatoms. The molecule has 2 heterocycles. The molecular formula is C23H20N2O4S. The Morgan fingerprint density at radius 2 is 1.87 bits per heavy atom. The van der Waals surface area contributed by atoms with Crippen molar-refractivity contribution in [3.05, 3.63) is 80.7 Å². The lowest BCUT2D eigenvalue weighted by atomic mass is 9.75. The van der Waals surface area contributed by atoms with Crippen LogP contribution in [0.15, 0.2) is 59.6 Å². The van der Waals surface area contributed by atoms with Gasteiger partial charge in [0, 0.05) is 39.8 Å². The van der Waals surface area contributed by atoms with E-state index < -0.39 is 22.7 Å². The molecule has 30 heavy (non-hydrogen) atoms. The molecule has 0 amide bonds. The molecule has 3 aromatic rings. The Morgan fingerprint density at radius 3 is 2.53 bits per heavy atom. The molecule has 0 saturated heterocycles. The molecule has 0 spiro atoms. The molecule has 2 atom stereocenters. The van der Waals surface area contributed by atoms with Crippen LogP contribution in [0.25, 0.3) is 11.1 Å². The van der Waals surface area contributed by atoms with Gasteiger partial charge < -0.3 is 4.74 Å². The number of thiophene rings is 1. The second-order valence-corrected chi connectivity index (χ2v) is 8.41. The SMILES string of the molecule is COC(=O)C1C(C)=Nc2sc(C)c(-c3ccccc3)c2C1c1cccc([N+](=O)[O-])c1. The summed E-state index contributed by atoms with van der Waals surface area (Å²) < 4.78 is 5.11. The molecule has 0 N–H and O–H groups in total. The number of aliphatic imine (C=N–C) groups is 1. The number of carbonyl (C=O) groups excluding carboxylic acids is 1. The quantitative estimate of drug-likeness (QED) is 0.310. The molecule has 0 fully saturated rings. The largest absolute Gasteiger partial charge is 0.468 e. The van der Waals surface area contributed by atoms with Gasteiger partial charge >= 0.3 is 5.97 Å². The van der Waals surface area contributed by atoms with Gasteiger partial charge in [-0.15, -0.1) is 11.3 Å². The zero-order chi connectivity index (χ0) is 21.4. The van der Waals surface area contributed by atoms with Crippen molar-refractivity contribution >= 4 is 33.7 Å². The minimum atomic E-state index is -0.652. The van der Waals surface area contributed by atoms with Crippen LogP contribution in [0, 0.1) is 23.0 Å². The highest BCUT2D eigenvalue weighted by Crippen LogP contribution is 2.52. The van der Waals surface area contributed by atoms with E-state index in [0.717, 1.165) is 26.6 Å². The highest BCUT2D eigenvalue weighted by Gasteiger charge is 2.41. The van der Waals surface area contributed by atoms with Crippen LogP contribution in [0.2, 0.25) is 0 Å². The van der Waals surface area contributed by atoms with Crippen molar-refractivity contribution in [1.82, 2.24) is 0 Å². The number of hydrogen-bond donors (Lipinski definition) is 0. The molecule has 0 saturated carbocycles. The summed E-state index contributed by atoms with van der Waals surface area (Å²) in [5.41, 5.74) is 4.31. The first-order chi connectivity index (χ1) is 14.4. The van der Waals surface area contributed by atoms with E-state index in [9.17, 15) is 14.9 Å². The predicted molar refractivity (Wildman–Crippen MR) is 118 cm³/mol. The van der Waals surface area contributed by atoms with Gasteiger partial charge in [0.15, 0.2) is 0 Å². The molecule has 152 valence electrons. The lowest BCUT2D eigenvalue weighted by molar-refractivity contribution is -0.384. The van der Waals surface area contributed by atoms with Gasteiger partial charge in [0.2, 0.25) is 0 Å². The Bertz CT molecular complexity index is 1170. The third-order valence-corrected chi connectivity index (χ3v) is 6.45. The monoisotopic (exact) mass is 420 g/mol. The molecule has 1 aliphatic rings. The zero-order valence-corrected chi connectivity index (χ0v) is 17.6. The van der Waals surface area contributed by atoms with Crippen molar-refractivity contribution in [2.75, 3.05) is 7.11 Å². The number of non-ortho nitro benzene ring substituents is 1. The summed E-state index contributed by atoms with van der Waals surface area (Å²) in [5, 5.41) is 12.2. The molecule has 1 aromatic heterocycles. The van der Waals surface area contributed by atoms with E-state index in [1.165, 1.54) is 13.2 Å². The maximum Gasteiger partial charge on any atom is 0.315 e. The molecule has 2 aromatic carbocycles. The maximum atomic E-state index is 12.8. The van der Waals surface area contributed by atoms with Gasteiger partial charge in [-0.05, 0) is 25.0 Å². The van der Waals surface area contributed by atoms with Crippen molar-refractivity contribution in [2.45, 2.75) is 19.8 Å². The number of nitro groups is 1. The number of nitrogens with zero attached hydrogens (tertiary/aromatic N) is 2. The van der Waals surface area contributed by atoms with Crippen molar-refractivity contribution in [1.29, 1.82) is 0 Å². The third kappa shape index (κ3) is 3.31. The predicted octanol–water partition coefficient (Wildman–Crippen LogP) is 5.66. The van der Waals surface area contributed by atoms with Crippen molar-refractivity contribution in [2.24, 2.45) is 10.9 Å². The van der Waals surface area contributed by atoms with E-state index >= 15 is 0 Å². The Morgan fingerprint density at radius 1 is 1.13 bits per heavy atom. The van der Waals surface area contributed by atoms with Crippen LogP contribution < -0.4 is 0 Å². The van der Waals surface area contributed by atoms with Crippen molar-refractivity contribution < 1.29 is 14.5 Å². The minimum absolute atomic E-state index is 0.00829. The number of fused-ring (bicyclic) bond motifs is 1. The summed E-state index contributed by atoms with van der Waals surface area (Å²) in [6.45, 7) is 3.85. The lowest BCUT2D eigenvalue weighted by Crippen LogP contribution is -2.32. The van der Waals surface area contributed by atoms with Crippen LogP contribution in [-0.4, -0.2) is 23.7 Å². The van der Waals surface area contributed by atoms with Gasteiger partial charge in [-0.2, -0.15) is 0 Å². The van der Waals surface area contributed by atoms with E-state index in [1.54, 1.807) is 23.5 Å². The minimum Gasteiger partial charge on any atom is -0.468 e. The Kier molecular flexibility index (Phi) is 5.22. The van der Waals surface area contributed by atoms with Gasteiger partial charge in [0.1, 0.15) is 10.9 Å². The fourth-order valence-electron chi connectivity index (χ4n) is 4.14. The van der Waals surface area contributed by atoms with Crippen LogP contribution in [-0.2, 0) is 9.53 Å². The Balaban J connectivity index is 2.01. The number of methoxy groups -OCH3 is 1. The smallest absolute Gasteiger partial charge is 0.315 e. The summed E-state index contributed by atoms with van der Waals surface area (Å²) in [5.74, 6) is -1.48. The maximum absolute atomic E-state index is 12.8. The third-order valence-electron chi connectivity index (χ3n) is 5.43. The number of ether oxygens (including phenoxy) is 1. The van der Waals surface area contributed by atoms with E-state index in [-0.39, 0.29) is 5.69 Å². The summed E-state index contributed by atoms with van der Waals surface area (Å²) in [7, 11) is 1.35. The van der Waals surface area contributed by atoms with Crippen molar-refractivity contribution in [3.63, 3.8) is 0 Å². The second kappa shape index (κ2) is 7.84. The zero-order valence-electron chi connectivity index (χ0n) is 16.8.